The SMILES string of the molecule is CC(C)c1ncc2c(n1)CN([C@H](C)C(=O)Nc1ncccn1)CC2. The molecule has 0 spiro atoms. The predicted molar refractivity (Wildman–Crippen MR) is 90.4 cm³/mol. The van der Waals surface area contributed by atoms with Crippen LogP contribution >= 0.6 is 0 Å². The van der Waals surface area contributed by atoms with Crippen molar-refractivity contribution in [3.8, 4) is 0 Å². The highest BCUT2D eigenvalue weighted by Crippen LogP contribution is 2.20. The zero-order valence-corrected chi connectivity index (χ0v) is 14.2. The normalized spacial score (nSPS) is 15.8. The van der Waals surface area contributed by atoms with E-state index < -0.39 is 0 Å². The molecule has 1 N–H and O–H groups in total. The smallest absolute Gasteiger partial charge is 0.243 e. The Kier molecular flexibility index (Phi) is 4.80. The van der Waals surface area contributed by atoms with E-state index in [0.29, 0.717) is 18.4 Å². The number of aromatic nitrogens is 4. The van der Waals surface area contributed by atoms with Crippen molar-refractivity contribution in [2.75, 3.05) is 11.9 Å². The highest BCUT2D eigenvalue weighted by atomic mass is 16.2. The molecule has 1 aliphatic heterocycles. The van der Waals surface area contributed by atoms with Crippen molar-refractivity contribution in [3.05, 3.63) is 41.7 Å². The van der Waals surface area contributed by atoms with Crippen LogP contribution in [0.2, 0.25) is 0 Å². The number of anilines is 1. The summed E-state index contributed by atoms with van der Waals surface area (Å²) in [7, 11) is 0. The molecular formula is C17H22N6O. The first-order valence-electron chi connectivity index (χ1n) is 8.21. The summed E-state index contributed by atoms with van der Waals surface area (Å²) in [4.78, 5) is 31.7. The van der Waals surface area contributed by atoms with E-state index in [4.69, 9.17) is 0 Å². The molecule has 7 heteroatoms. The number of carbonyl (C=O) groups is 1. The monoisotopic (exact) mass is 326 g/mol. The Morgan fingerprint density at radius 3 is 2.67 bits per heavy atom. The molecule has 3 rings (SSSR count). The molecule has 3 heterocycles. The number of rotatable bonds is 4. The van der Waals surface area contributed by atoms with Gasteiger partial charge in [-0.25, -0.2) is 19.9 Å². The van der Waals surface area contributed by atoms with Crippen LogP contribution in [-0.4, -0.2) is 43.3 Å². The van der Waals surface area contributed by atoms with Gasteiger partial charge in [-0.05, 0) is 25.0 Å². The molecule has 0 radical (unpaired) electrons. The lowest BCUT2D eigenvalue weighted by atomic mass is 10.0. The molecule has 0 fully saturated rings. The molecule has 1 amide bonds. The quantitative estimate of drug-likeness (QED) is 0.922. The second-order valence-electron chi connectivity index (χ2n) is 6.31. The largest absolute Gasteiger partial charge is 0.293 e. The predicted octanol–water partition coefficient (Wildman–Crippen LogP) is 1.78. The molecule has 1 atom stereocenters. The summed E-state index contributed by atoms with van der Waals surface area (Å²) in [5, 5.41) is 2.76. The van der Waals surface area contributed by atoms with Gasteiger partial charge in [-0.2, -0.15) is 0 Å². The average molecular weight is 326 g/mol. The molecule has 0 unspecified atom stereocenters. The molecule has 1 aliphatic rings. The minimum atomic E-state index is -0.278. The van der Waals surface area contributed by atoms with Crippen LogP contribution < -0.4 is 5.32 Å². The van der Waals surface area contributed by atoms with Crippen LogP contribution in [0.5, 0.6) is 0 Å². The molecule has 24 heavy (non-hydrogen) atoms. The van der Waals surface area contributed by atoms with E-state index in [1.807, 2.05) is 13.1 Å². The highest BCUT2D eigenvalue weighted by Gasteiger charge is 2.27. The Morgan fingerprint density at radius 2 is 1.96 bits per heavy atom. The zero-order valence-electron chi connectivity index (χ0n) is 14.2. The van der Waals surface area contributed by atoms with Crippen molar-refractivity contribution in [2.45, 2.75) is 45.7 Å². The molecule has 7 nitrogen and oxygen atoms in total. The lowest BCUT2D eigenvalue weighted by Crippen LogP contribution is -2.45. The van der Waals surface area contributed by atoms with E-state index in [2.05, 4.69) is 44.0 Å². The summed E-state index contributed by atoms with van der Waals surface area (Å²) in [6, 6.07) is 1.44. The summed E-state index contributed by atoms with van der Waals surface area (Å²) in [5.41, 5.74) is 2.20. The Hall–Kier alpha value is -2.41. The van der Waals surface area contributed by atoms with Crippen molar-refractivity contribution >= 4 is 11.9 Å². The molecule has 0 aromatic carbocycles. The number of nitrogens with zero attached hydrogens (tertiary/aromatic N) is 5. The Balaban J connectivity index is 1.69. The van der Waals surface area contributed by atoms with Crippen LogP contribution in [0.25, 0.3) is 0 Å². The summed E-state index contributed by atoms with van der Waals surface area (Å²) < 4.78 is 0. The second kappa shape index (κ2) is 7.00. The van der Waals surface area contributed by atoms with Gasteiger partial charge in [0, 0.05) is 37.6 Å². The van der Waals surface area contributed by atoms with E-state index in [1.165, 1.54) is 5.56 Å². The molecule has 0 saturated heterocycles. The minimum Gasteiger partial charge on any atom is -0.293 e. The summed E-state index contributed by atoms with van der Waals surface area (Å²) in [6.07, 6.45) is 5.99. The third kappa shape index (κ3) is 3.56. The van der Waals surface area contributed by atoms with Gasteiger partial charge in [-0.15, -0.1) is 0 Å². The molecule has 2 aromatic heterocycles. The number of nitrogens with one attached hydrogen (secondary N) is 1. The van der Waals surface area contributed by atoms with Crippen LogP contribution in [0.3, 0.4) is 0 Å². The highest BCUT2D eigenvalue weighted by molar-refractivity contribution is 5.93. The van der Waals surface area contributed by atoms with E-state index in [-0.39, 0.29) is 11.9 Å². The molecule has 2 aromatic rings. The van der Waals surface area contributed by atoms with Gasteiger partial charge in [-0.1, -0.05) is 13.8 Å². The van der Waals surface area contributed by atoms with Crippen LogP contribution in [-0.2, 0) is 17.8 Å². The molecule has 0 aliphatic carbocycles. The first kappa shape index (κ1) is 16.4. The molecular weight excluding hydrogens is 304 g/mol. The van der Waals surface area contributed by atoms with Crippen molar-refractivity contribution in [1.82, 2.24) is 24.8 Å². The fraction of sp³-hybridized carbons (Fsp3) is 0.471. The van der Waals surface area contributed by atoms with Crippen LogP contribution in [0.15, 0.2) is 24.7 Å². The van der Waals surface area contributed by atoms with Crippen LogP contribution in [0.1, 0.15) is 43.8 Å². The van der Waals surface area contributed by atoms with E-state index >= 15 is 0 Å². The van der Waals surface area contributed by atoms with Gasteiger partial charge in [0.1, 0.15) is 5.82 Å². The molecule has 0 saturated carbocycles. The first-order chi connectivity index (χ1) is 11.5. The van der Waals surface area contributed by atoms with E-state index in [1.54, 1.807) is 18.5 Å². The number of fused-ring (bicyclic) bond motifs is 1. The van der Waals surface area contributed by atoms with Crippen molar-refractivity contribution in [3.63, 3.8) is 0 Å². The van der Waals surface area contributed by atoms with Gasteiger partial charge in [0.15, 0.2) is 0 Å². The van der Waals surface area contributed by atoms with Crippen LogP contribution in [0.4, 0.5) is 5.95 Å². The van der Waals surface area contributed by atoms with Crippen LogP contribution in [0, 0.1) is 0 Å². The standard InChI is InChI=1S/C17H22N6O/c1-11(2)15-20-9-13-5-8-23(10-14(13)21-15)12(3)16(24)22-17-18-6-4-7-19-17/h4,6-7,9,11-12H,5,8,10H2,1-3H3,(H,18,19,22,24)/t12-/m1/s1. The third-order valence-corrected chi connectivity index (χ3v) is 4.24. The summed E-state index contributed by atoms with van der Waals surface area (Å²) in [6.45, 7) is 7.52. The molecule has 0 bridgehead atoms. The topological polar surface area (TPSA) is 83.9 Å². The second-order valence-corrected chi connectivity index (χ2v) is 6.31. The Morgan fingerprint density at radius 1 is 1.21 bits per heavy atom. The van der Waals surface area contributed by atoms with Gasteiger partial charge < -0.3 is 0 Å². The van der Waals surface area contributed by atoms with Gasteiger partial charge in [0.2, 0.25) is 11.9 Å². The maximum absolute atomic E-state index is 12.4. The summed E-state index contributed by atoms with van der Waals surface area (Å²) >= 11 is 0. The van der Waals surface area contributed by atoms with Gasteiger partial charge >= 0.3 is 0 Å². The minimum absolute atomic E-state index is 0.109. The number of hydrogen-bond acceptors (Lipinski definition) is 6. The Bertz CT molecular complexity index is 718. The number of amides is 1. The first-order valence-corrected chi connectivity index (χ1v) is 8.21. The Labute approximate surface area is 141 Å². The molecule has 126 valence electrons. The maximum Gasteiger partial charge on any atom is 0.243 e. The van der Waals surface area contributed by atoms with Gasteiger partial charge in [-0.3, -0.25) is 15.0 Å². The van der Waals surface area contributed by atoms with Gasteiger partial charge in [0.05, 0.1) is 11.7 Å². The van der Waals surface area contributed by atoms with Crippen molar-refractivity contribution in [2.24, 2.45) is 0 Å². The maximum atomic E-state index is 12.4. The summed E-state index contributed by atoms with van der Waals surface area (Å²) in [5.74, 6) is 1.37. The number of hydrogen-bond donors (Lipinski definition) is 1. The average Bonchev–Trinajstić information content (AvgIpc) is 2.60. The van der Waals surface area contributed by atoms with E-state index in [0.717, 1.165) is 24.5 Å². The van der Waals surface area contributed by atoms with Crippen molar-refractivity contribution in [1.29, 1.82) is 0 Å². The lowest BCUT2D eigenvalue weighted by molar-refractivity contribution is -0.121. The van der Waals surface area contributed by atoms with E-state index in [9.17, 15) is 4.79 Å². The lowest BCUT2D eigenvalue weighted by Gasteiger charge is -2.32. The number of carbonyl (C=O) groups excluding carboxylic acids is 1. The fourth-order valence-corrected chi connectivity index (χ4v) is 2.69. The zero-order chi connectivity index (χ0) is 17.1. The van der Waals surface area contributed by atoms with Gasteiger partial charge in [0.25, 0.3) is 0 Å². The fourth-order valence-electron chi connectivity index (χ4n) is 2.69. The van der Waals surface area contributed by atoms with Crippen molar-refractivity contribution < 1.29 is 4.79 Å². The third-order valence-electron chi connectivity index (χ3n) is 4.24.